The number of rotatable bonds is 5. The second-order valence-electron chi connectivity index (χ2n) is 3.01. The molecule has 88 valence electrons. The van der Waals surface area contributed by atoms with Crippen LogP contribution in [-0.2, 0) is 4.79 Å². The van der Waals surface area contributed by atoms with Crippen molar-refractivity contribution in [2.75, 3.05) is 23.4 Å². The Labute approximate surface area is 116 Å². The molecule has 1 rings (SSSR count). The summed E-state index contributed by atoms with van der Waals surface area (Å²) in [5, 5.41) is 2.83. The van der Waals surface area contributed by atoms with Crippen LogP contribution in [0.25, 0.3) is 0 Å². The van der Waals surface area contributed by atoms with E-state index in [9.17, 15) is 4.79 Å². The fourth-order valence-electron chi connectivity index (χ4n) is 1.03. The van der Waals surface area contributed by atoms with Crippen molar-refractivity contribution in [3.05, 3.63) is 27.1 Å². The molecule has 0 heterocycles. The van der Waals surface area contributed by atoms with Gasteiger partial charge < -0.3 is 11.1 Å². The zero-order valence-corrected chi connectivity index (χ0v) is 12.5. The summed E-state index contributed by atoms with van der Waals surface area (Å²) in [6.45, 7) is 0.597. The minimum Gasteiger partial charge on any atom is -0.330 e. The van der Waals surface area contributed by atoms with Crippen LogP contribution in [0.3, 0.4) is 0 Å². The molecule has 1 aromatic carbocycles. The molecular formula is C10H12Br2N2OS. The van der Waals surface area contributed by atoms with E-state index in [0.717, 1.165) is 20.4 Å². The van der Waals surface area contributed by atoms with Crippen molar-refractivity contribution in [2.45, 2.75) is 0 Å². The van der Waals surface area contributed by atoms with Crippen LogP contribution >= 0.6 is 43.6 Å². The summed E-state index contributed by atoms with van der Waals surface area (Å²) >= 11 is 8.27. The monoisotopic (exact) mass is 366 g/mol. The van der Waals surface area contributed by atoms with E-state index in [-0.39, 0.29) is 5.91 Å². The van der Waals surface area contributed by atoms with Crippen molar-refractivity contribution in [1.82, 2.24) is 0 Å². The summed E-state index contributed by atoms with van der Waals surface area (Å²) in [6, 6.07) is 5.62. The Morgan fingerprint density at radius 2 is 2.19 bits per heavy atom. The van der Waals surface area contributed by atoms with Gasteiger partial charge in [0.2, 0.25) is 5.91 Å². The number of amides is 1. The number of nitrogens with two attached hydrogens (primary N) is 1. The third-order valence-corrected chi connectivity index (χ3v) is 3.84. The van der Waals surface area contributed by atoms with E-state index >= 15 is 0 Å². The van der Waals surface area contributed by atoms with Crippen LogP contribution in [0.15, 0.2) is 27.1 Å². The molecule has 16 heavy (non-hydrogen) atoms. The van der Waals surface area contributed by atoms with Gasteiger partial charge in [-0.3, -0.25) is 4.79 Å². The molecular weight excluding hydrogens is 356 g/mol. The van der Waals surface area contributed by atoms with E-state index in [0.29, 0.717) is 12.3 Å². The minimum atomic E-state index is -0.0125. The normalized spacial score (nSPS) is 10.2. The predicted molar refractivity (Wildman–Crippen MR) is 76.9 cm³/mol. The molecule has 0 saturated heterocycles. The molecule has 0 unspecified atom stereocenters. The van der Waals surface area contributed by atoms with Gasteiger partial charge in [0.15, 0.2) is 0 Å². The zero-order chi connectivity index (χ0) is 12.0. The Morgan fingerprint density at radius 3 is 2.81 bits per heavy atom. The largest absolute Gasteiger partial charge is 0.330 e. The lowest BCUT2D eigenvalue weighted by Gasteiger charge is -2.07. The van der Waals surface area contributed by atoms with Gasteiger partial charge in [-0.15, -0.1) is 0 Å². The molecule has 0 radical (unpaired) electrons. The number of carbonyl (C=O) groups is 1. The van der Waals surface area contributed by atoms with Crippen LogP contribution in [0.5, 0.6) is 0 Å². The fraction of sp³-hybridized carbons (Fsp3) is 0.300. The van der Waals surface area contributed by atoms with Gasteiger partial charge in [0.1, 0.15) is 0 Å². The highest BCUT2D eigenvalue weighted by atomic mass is 79.9. The Bertz CT molecular complexity index is 374. The van der Waals surface area contributed by atoms with Crippen molar-refractivity contribution in [2.24, 2.45) is 5.73 Å². The van der Waals surface area contributed by atoms with E-state index in [2.05, 4.69) is 37.2 Å². The quantitative estimate of drug-likeness (QED) is 0.786. The molecule has 0 bridgehead atoms. The summed E-state index contributed by atoms with van der Waals surface area (Å²) in [6.07, 6.45) is 0. The smallest absolute Gasteiger partial charge is 0.234 e. The van der Waals surface area contributed by atoms with Crippen LogP contribution in [0.1, 0.15) is 0 Å². The van der Waals surface area contributed by atoms with Gasteiger partial charge in [-0.2, -0.15) is 11.8 Å². The number of hydrogen-bond acceptors (Lipinski definition) is 3. The maximum Gasteiger partial charge on any atom is 0.234 e. The van der Waals surface area contributed by atoms with E-state index in [1.165, 1.54) is 11.8 Å². The topological polar surface area (TPSA) is 55.1 Å². The molecule has 3 N–H and O–H groups in total. The summed E-state index contributed by atoms with van der Waals surface area (Å²) < 4.78 is 1.83. The molecule has 1 aromatic rings. The molecule has 0 fully saturated rings. The molecule has 0 saturated carbocycles. The van der Waals surface area contributed by atoms with Gasteiger partial charge in [0.05, 0.1) is 11.4 Å². The van der Waals surface area contributed by atoms with Gasteiger partial charge in [-0.1, -0.05) is 15.9 Å². The Hall–Kier alpha value is -0.0400. The lowest BCUT2D eigenvalue weighted by Crippen LogP contribution is -2.15. The minimum absolute atomic E-state index is 0.0125. The number of carbonyl (C=O) groups excluding carboxylic acids is 1. The van der Waals surface area contributed by atoms with Crippen LogP contribution < -0.4 is 11.1 Å². The highest BCUT2D eigenvalue weighted by Gasteiger charge is 2.05. The molecule has 1 amide bonds. The summed E-state index contributed by atoms with van der Waals surface area (Å²) in [4.78, 5) is 11.5. The highest BCUT2D eigenvalue weighted by Crippen LogP contribution is 2.26. The Kier molecular flexibility index (Phi) is 6.41. The average Bonchev–Trinajstić information content (AvgIpc) is 2.23. The first-order valence-corrected chi connectivity index (χ1v) is 7.40. The molecule has 0 aromatic heterocycles. The molecule has 6 heteroatoms. The number of halogens is 2. The van der Waals surface area contributed by atoms with Crippen LogP contribution in [0.4, 0.5) is 5.69 Å². The number of anilines is 1. The van der Waals surface area contributed by atoms with Gasteiger partial charge in [0.25, 0.3) is 0 Å². The van der Waals surface area contributed by atoms with Crippen LogP contribution in [0.2, 0.25) is 0 Å². The molecule has 0 aliphatic carbocycles. The maximum absolute atomic E-state index is 11.5. The number of thioether (sulfide) groups is 1. The van der Waals surface area contributed by atoms with Gasteiger partial charge in [-0.25, -0.2) is 0 Å². The number of hydrogen-bond donors (Lipinski definition) is 2. The highest BCUT2D eigenvalue weighted by molar-refractivity contribution is 9.11. The predicted octanol–water partition coefficient (Wildman–Crippen LogP) is 2.84. The van der Waals surface area contributed by atoms with Crippen molar-refractivity contribution in [3.63, 3.8) is 0 Å². The second-order valence-corrected chi connectivity index (χ2v) is 5.89. The van der Waals surface area contributed by atoms with Crippen molar-refractivity contribution in [3.8, 4) is 0 Å². The molecule has 0 spiro atoms. The van der Waals surface area contributed by atoms with Gasteiger partial charge >= 0.3 is 0 Å². The lowest BCUT2D eigenvalue weighted by atomic mass is 10.3. The van der Waals surface area contributed by atoms with Crippen LogP contribution in [0, 0.1) is 0 Å². The molecule has 0 atom stereocenters. The SMILES string of the molecule is NCCSCC(=O)Nc1ccc(Br)cc1Br. The third-order valence-electron chi connectivity index (χ3n) is 1.70. The van der Waals surface area contributed by atoms with E-state index in [1.54, 1.807) is 0 Å². The Balaban J connectivity index is 2.49. The second kappa shape index (κ2) is 7.32. The maximum atomic E-state index is 11.5. The summed E-state index contributed by atoms with van der Waals surface area (Å²) in [5.74, 6) is 1.22. The van der Waals surface area contributed by atoms with Crippen molar-refractivity contribution in [1.29, 1.82) is 0 Å². The van der Waals surface area contributed by atoms with Crippen LogP contribution in [-0.4, -0.2) is 24.0 Å². The first-order valence-electron chi connectivity index (χ1n) is 4.66. The van der Waals surface area contributed by atoms with Crippen molar-refractivity contribution >= 4 is 55.2 Å². The van der Waals surface area contributed by atoms with Gasteiger partial charge in [-0.05, 0) is 34.1 Å². The third kappa shape index (κ3) is 4.86. The first kappa shape index (κ1) is 14.0. The summed E-state index contributed by atoms with van der Waals surface area (Å²) in [5.41, 5.74) is 6.12. The Morgan fingerprint density at radius 1 is 1.44 bits per heavy atom. The van der Waals surface area contributed by atoms with E-state index in [1.807, 2.05) is 18.2 Å². The van der Waals surface area contributed by atoms with E-state index < -0.39 is 0 Å². The van der Waals surface area contributed by atoms with E-state index in [4.69, 9.17) is 5.73 Å². The standard InChI is InChI=1S/C10H12Br2N2OS/c11-7-1-2-9(8(12)5-7)14-10(15)6-16-4-3-13/h1-2,5H,3-4,6,13H2,(H,14,15). The molecule has 3 nitrogen and oxygen atoms in total. The van der Waals surface area contributed by atoms with Gasteiger partial charge in [0, 0.05) is 21.2 Å². The molecule has 0 aliphatic heterocycles. The fourth-order valence-corrected chi connectivity index (χ4v) is 2.74. The average molecular weight is 368 g/mol. The first-order chi connectivity index (χ1) is 7.63. The molecule has 0 aliphatic rings. The number of nitrogens with one attached hydrogen (secondary N) is 1. The number of benzene rings is 1. The van der Waals surface area contributed by atoms with Crippen molar-refractivity contribution < 1.29 is 4.79 Å². The lowest BCUT2D eigenvalue weighted by molar-refractivity contribution is -0.113. The summed E-state index contributed by atoms with van der Waals surface area (Å²) in [7, 11) is 0. The zero-order valence-electron chi connectivity index (χ0n) is 8.50.